The van der Waals surface area contributed by atoms with Gasteiger partial charge in [-0.05, 0) is 37.1 Å². The van der Waals surface area contributed by atoms with Crippen LogP contribution >= 0.6 is 0 Å². The summed E-state index contributed by atoms with van der Waals surface area (Å²) >= 11 is 0. The lowest BCUT2D eigenvalue weighted by Gasteiger charge is -2.34. The number of hydrogen-bond acceptors (Lipinski definition) is 3. The molecule has 1 fully saturated rings. The van der Waals surface area contributed by atoms with Crippen molar-refractivity contribution in [3.05, 3.63) is 35.6 Å². The molecule has 0 bridgehead atoms. The van der Waals surface area contributed by atoms with Gasteiger partial charge in [0.1, 0.15) is 12.4 Å². The summed E-state index contributed by atoms with van der Waals surface area (Å²) in [6.07, 6.45) is 1.85. The second-order valence-corrected chi connectivity index (χ2v) is 5.11. The van der Waals surface area contributed by atoms with E-state index < -0.39 is 6.61 Å². The molecule has 0 aromatic heterocycles. The first-order valence-electron chi connectivity index (χ1n) is 7.04. The average molecular weight is 280 g/mol. The van der Waals surface area contributed by atoms with Crippen molar-refractivity contribution in [3.63, 3.8) is 0 Å². The summed E-state index contributed by atoms with van der Waals surface area (Å²) in [5.74, 6) is -0.372. The number of hydrogen-bond donors (Lipinski definition) is 1. The summed E-state index contributed by atoms with van der Waals surface area (Å²) < 4.78 is 13.0. The molecule has 0 unspecified atom stereocenters. The van der Waals surface area contributed by atoms with Gasteiger partial charge in [0.05, 0.1) is 0 Å². The van der Waals surface area contributed by atoms with E-state index in [1.807, 2.05) is 6.07 Å². The van der Waals surface area contributed by atoms with Crippen molar-refractivity contribution in [1.29, 1.82) is 0 Å². The standard InChI is InChI=1S/C15H21FN2O2/c16-14-5-1-3-13(11-14)4-2-6-17-7-9-18(10-8-17)15(20)12-19/h1,3,5,11,19H,2,4,6-10,12H2. The molecule has 1 heterocycles. The zero-order valence-corrected chi connectivity index (χ0v) is 11.6. The number of rotatable bonds is 5. The van der Waals surface area contributed by atoms with Gasteiger partial charge in [-0.25, -0.2) is 4.39 Å². The van der Waals surface area contributed by atoms with E-state index in [9.17, 15) is 9.18 Å². The Balaban J connectivity index is 1.67. The van der Waals surface area contributed by atoms with Gasteiger partial charge in [0.2, 0.25) is 5.91 Å². The number of nitrogens with zero attached hydrogens (tertiary/aromatic N) is 2. The quantitative estimate of drug-likeness (QED) is 0.871. The highest BCUT2D eigenvalue weighted by Gasteiger charge is 2.19. The van der Waals surface area contributed by atoms with Crippen molar-refractivity contribution in [1.82, 2.24) is 9.80 Å². The second-order valence-electron chi connectivity index (χ2n) is 5.11. The monoisotopic (exact) mass is 280 g/mol. The van der Waals surface area contributed by atoms with Crippen LogP contribution in [0.15, 0.2) is 24.3 Å². The molecule has 1 aromatic rings. The van der Waals surface area contributed by atoms with Crippen molar-refractivity contribution >= 4 is 5.91 Å². The third-order valence-electron chi connectivity index (χ3n) is 3.69. The lowest BCUT2D eigenvalue weighted by Crippen LogP contribution is -2.49. The number of amides is 1. The van der Waals surface area contributed by atoms with Gasteiger partial charge in [0.15, 0.2) is 0 Å². The molecule has 1 saturated heterocycles. The van der Waals surface area contributed by atoms with Gasteiger partial charge in [-0.15, -0.1) is 0 Å². The minimum Gasteiger partial charge on any atom is -0.387 e. The van der Waals surface area contributed by atoms with Crippen LogP contribution in [0.1, 0.15) is 12.0 Å². The van der Waals surface area contributed by atoms with E-state index >= 15 is 0 Å². The molecule has 0 spiro atoms. The summed E-state index contributed by atoms with van der Waals surface area (Å²) in [6.45, 7) is 3.60. The molecule has 1 N–H and O–H groups in total. The lowest BCUT2D eigenvalue weighted by molar-refractivity contribution is -0.135. The molecule has 0 atom stereocenters. The van der Waals surface area contributed by atoms with E-state index in [0.717, 1.165) is 38.0 Å². The van der Waals surface area contributed by atoms with Crippen LogP contribution in [-0.2, 0) is 11.2 Å². The third-order valence-corrected chi connectivity index (χ3v) is 3.69. The highest BCUT2D eigenvalue weighted by atomic mass is 19.1. The zero-order chi connectivity index (χ0) is 14.4. The SMILES string of the molecule is O=C(CO)N1CCN(CCCc2cccc(F)c2)CC1. The Labute approximate surface area is 118 Å². The van der Waals surface area contributed by atoms with E-state index in [4.69, 9.17) is 5.11 Å². The maximum atomic E-state index is 13.0. The van der Waals surface area contributed by atoms with Gasteiger partial charge < -0.3 is 10.0 Å². The van der Waals surface area contributed by atoms with Gasteiger partial charge >= 0.3 is 0 Å². The van der Waals surface area contributed by atoms with Gasteiger partial charge in [0, 0.05) is 26.2 Å². The predicted molar refractivity (Wildman–Crippen MR) is 74.8 cm³/mol. The molecular weight excluding hydrogens is 259 g/mol. The van der Waals surface area contributed by atoms with Crippen molar-refractivity contribution < 1.29 is 14.3 Å². The lowest BCUT2D eigenvalue weighted by atomic mass is 10.1. The fraction of sp³-hybridized carbons (Fsp3) is 0.533. The number of benzene rings is 1. The van der Waals surface area contributed by atoms with Crippen LogP contribution in [0.4, 0.5) is 4.39 Å². The number of aliphatic hydroxyl groups is 1. The number of carbonyl (C=O) groups is 1. The van der Waals surface area contributed by atoms with E-state index in [1.165, 1.54) is 6.07 Å². The van der Waals surface area contributed by atoms with Crippen molar-refractivity contribution in [2.75, 3.05) is 39.3 Å². The van der Waals surface area contributed by atoms with Crippen molar-refractivity contribution in [2.45, 2.75) is 12.8 Å². The fourth-order valence-corrected chi connectivity index (χ4v) is 2.52. The molecule has 20 heavy (non-hydrogen) atoms. The summed E-state index contributed by atoms with van der Waals surface area (Å²) in [5.41, 5.74) is 1.03. The van der Waals surface area contributed by atoms with Crippen LogP contribution in [0.25, 0.3) is 0 Å². The normalized spacial score (nSPS) is 16.4. The number of aliphatic hydroxyl groups excluding tert-OH is 1. The van der Waals surface area contributed by atoms with Gasteiger partial charge in [-0.3, -0.25) is 9.69 Å². The number of piperazine rings is 1. The molecule has 1 aliphatic heterocycles. The first-order valence-corrected chi connectivity index (χ1v) is 7.04. The Kier molecular flexibility index (Phi) is 5.49. The molecule has 1 amide bonds. The van der Waals surface area contributed by atoms with Crippen LogP contribution in [-0.4, -0.2) is 60.1 Å². The highest BCUT2D eigenvalue weighted by Crippen LogP contribution is 2.08. The summed E-state index contributed by atoms with van der Waals surface area (Å²) in [7, 11) is 0. The molecule has 0 radical (unpaired) electrons. The maximum absolute atomic E-state index is 13.0. The molecule has 1 aliphatic rings. The molecule has 4 nitrogen and oxygen atoms in total. The minimum atomic E-state index is -0.403. The van der Waals surface area contributed by atoms with Crippen LogP contribution < -0.4 is 0 Å². The van der Waals surface area contributed by atoms with E-state index in [2.05, 4.69) is 4.90 Å². The summed E-state index contributed by atoms with van der Waals surface area (Å²) in [6, 6.07) is 6.73. The molecule has 110 valence electrons. The Morgan fingerprint density at radius 3 is 2.65 bits per heavy atom. The maximum Gasteiger partial charge on any atom is 0.248 e. The fourth-order valence-electron chi connectivity index (χ4n) is 2.52. The van der Waals surface area contributed by atoms with Gasteiger partial charge in [0.25, 0.3) is 0 Å². The Hall–Kier alpha value is -1.46. The van der Waals surface area contributed by atoms with Crippen molar-refractivity contribution in [3.8, 4) is 0 Å². The summed E-state index contributed by atoms with van der Waals surface area (Å²) in [5, 5.41) is 8.81. The van der Waals surface area contributed by atoms with Crippen LogP contribution in [0.2, 0.25) is 0 Å². The first-order chi connectivity index (χ1) is 9.69. The molecule has 1 aromatic carbocycles. The largest absolute Gasteiger partial charge is 0.387 e. The second kappa shape index (κ2) is 7.36. The molecular formula is C15H21FN2O2. The first kappa shape index (κ1) is 14.9. The van der Waals surface area contributed by atoms with E-state index in [0.29, 0.717) is 13.1 Å². The topological polar surface area (TPSA) is 43.8 Å². The minimum absolute atomic E-state index is 0.182. The molecule has 2 rings (SSSR count). The smallest absolute Gasteiger partial charge is 0.248 e. The summed E-state index contributed by atoms with van der Waals surface area (Å²) in [4.78, 5) is 15.3. The van der Waals surface area contributed by atoms with Crippen LogP contribution in [0.5, 0.6) is 0 Å². The van der Waals surface area contributed by atoms with Crippen LogP contribution in [0, 0.1) is 5.82 Å². The Bertz CT molecular complexity index is 445. The average Bonchev–Trinajstić information content (AvgIpc) is 2.47. The van der Waals surface area contributed by atoms with Crippen molar-refractivity contribution in [2.24, 2.45) is 0 Å². The predicted octanol–water partition coefficient (Wildman–Crippen LogP) is 0.895. The Morgan fingerprint density at radius 2 is 2.00 bits per heavy atom. The number of halogens is 1. The Morgan fingerprint density at radius 1 is 1.25 bits per heavy atom. The van der Waals surface area contributed by atoms with Crippen LogP contribution in [0.3, 0.4) is 0 Å². The highest BCUT2D eigenvalue weighted by molar-refractivity contribution is 5.77. The molecule has 0 saturated carbocycles. The zero-order valence-electron chi connectivity index (χ0n) is 11.6. The van der Waals surface area contributed by atoms with Gasteiger partial charge in [-0.1, -0.05) is 12.1 Å². The van der Waals surface area contributed by atoms with E-state index in [1.54, 1.807) is 17.0 Å². The molecule has 0 aliphatic carbocycles. The number of aryl methyl sites for hydroxylation is 1. The number of carbonyl (C=O) groups excluding carboxylic acids is 1. The van der Waals surface area contributed by atoms with E-state index in [-0.39, 0.29) is 11.7 Å². The molecule has 5 heteroatoms. The third kappa shape index (κ3) is 4.28. The van der Waals surface area contributed by atoms with Gasteiger partial charge in [-0.2, -0.15) is 0 Å².